The van der Waals surface area contributed by atoms with Crippen LogP contribution in [-0.4, -0.2) is 56.4 Å². The van der Waals surface area contributed by atoms with Crippen molar-refractivity contribution in [2.45, 2.75) is 122 Å². The van der Waals surface area contributed by atoms with Gasteiger partial charge < -0.3 is 9.47 Å². The Kier molecular flexibility index (Phi) is 8.14. The molecule has 2 aliphatic heterocycles. The average molecular weight is 519 g/mol. The fraction of sp³-hybridized carbons (Fsp3) is 0.793. The maximum absolute atomic E-state index is 13.7. The predicted molar refractivity (Wildman–Crippen MR) is 139 cm³/mol. The smallest absolute Gasteiger partial charge is 0.310 e. The van der Waals surface area contributed by atoms with Crippen LogP contribution in [0.3, 0.4) is 0 Å². The van der Waals surface area contributed by atoms with E-state index in [-0.39, 0.29) is 11.8 Å². The highest BCUT2D eigenvalue weighted by Gasteiger charge is 2.54. The molecule has 208 valence electrons. The van der Waals surface area contributed by atoms with Crippen LogP contribution in [0.5, 0.6) is 0 Å². The summed E-state index contributed by atoms with van der Waals surface area (Å²) in [5.74, 6) is -2.92. The fourth-order valence-electron chi connectivity index (χ4n) is 7.26. The molecule has 3 fully saturated rings. The first kappa shape index (κ1) is 29.8. The summed E-state index contributed by atoms with van der Waals surface area (Å²) < 4.78 is 12.1. The van der Waals surface area contributed by atoms with Crippen LogP contribution < -0.4 is 0 Å². The summed E-state index contributed by atoms with van der Waals surface area (Å²) in [6.45, 7) is 22.7. The maximum Gasteiger partial charge on any atom is 0.310 e. The molecular weight excluding hydrogens is 472 g/mol. The zero-order valence-corrected chi connectivity index (χ0v) is 23.9. The lowest BCUT2D eigenvalue weighted by atomic mass is 9.79. The molecule has 0 aromatic rings. The number of hydrogen-bond donors (Lipinski definition) is 0. The van der Waals surface area contributed by atoms with Crippen molar-refractivity contribution in [2.75, 3.05) is 0 Å². The van der Waals surface area contributed by atoms with Gasteiger partial charge >= 0.3 is 11.9 Å². The van der Waals surface area contributed by atoms with Crippen LogP contribution in [0.15, 0.2) is 25.3 Å². The minimum atomic E-state index is -0.745. The van der Waals surface area contributed by atoms with Crippen molar-refractivity contribution in [3.8, 4) is 0 Å². The van der Waals surface area contributed by atoms with E-state index < -0.39 is 58.1 Å². The minimum Gasteiger partial charge on any atom is -0.462 e. The number of ether oxygens (including phenoxy) is 2. The molecule has 37 heavy (non-hydrogen) atoms. The lowest BCUT2D eigenvalue weighted by Gasteiger charge is -2.49. The van der Waals surface area contributed by atoms with Crippen LogP contribution in [0.2, 0.25) is 0 Å². The van der Waals surface area contributed by atoms with Crippen LogP contribution in [0, 0.1) is 23.7 Å². The summed E-state index contributed by atoms with van der Waals surface area (Å²) in [7, 11) is 0. The molecule has 0 aromatic heterocycles. The molecule has 2 heterocycles. The number of allylic oxidation sites excluding steroid dienone is 2. The number of carbonyl (C=O) groups excluding carboxylic acids is 2. The van der Waals surface area contributed by atoms with Gasteiger partial charge in [-0.05, 0) is 73.6 Å². The van der Waals surface area contributed by atoms with E-state index in [0.29, 0.717) is 32.1 Å². The first-order valence-corrected chi connectivity index (χ1v) is 13.5. The number of esters is 2. The second-order valence-electron chi connectivity index (χ2n) is 13.9. The average Bonchev–Trinajstić information content (AvgIpc) is 3.14. The number of hydroxylamine groups is 4. The van der Waals surface area contributed by atoms with Crippen LogP contribution >= 0.6 is 0 Å². The van der Waals surface area contributed by atoms with Crippen molar-refractivity contribution in [3.63, 3.8) is 0 Å². The zero-order valence-electron chi connectivity index (χ0n) is 23.9. The molecular formula is C29H46N2O6. The third kappa shape index (κ3) is 5.82. The van der Waals surface area contributed by atoms with E-state index in [1.165, 1.54) is 0 Å². The van der Waals surface area contributed by atoms with E-state index in [1.807, 2.05) is 55.4 Å². The highest BCUT2D eigenvalue weighted by molar-refractivity contribution is 5.84. The van der Waals surface area contributed by atoms with Gasteiger partial charge in [-0.3, -0.25) is 9.59 Å². The number of rotatable bonds is 6. The number of hydrogen-bond acceptors (Lipinski definition) is 6. The Morgan fingerprint density at radius 1 is 0.649 bits per heavy atom. The van der Waals surface area contributed by atoms with Crippen molar-refractivity contribution >= 4 is 11.9 Å². The van der Waals surface area contributed by atoms with Crippen LogP contribution in [0.25, 0.3) is 0 Å². The van der Waals surface area contributed by atoms with Gasteiger partial charge in [0.15, 0.2) is 0 Å². The Bertz CT molecular complexity index is 802. The standard InChI is InChI=1S/C29H46N2O6/c1-11-18-13-19(12-2)23(25(33)37-21-16-28(7,8)31(35)29(9,10)17-21)22(18)24(32)36-20-14-26(3,4)30(34)27(5,6)15-20/h11-12,18-23H,1-2,13-17H2,3-10H3. The summed E-state index contributed by atoms with van der Waals surface area (Å²) in [6.07, 6.45) is 4.76. The Balaban J connectivity index is 1.81. The van der Waals surface area contributed by atoms with Crippen LogP contribution in [0.1, 0.15) is 87.5 Å². The fourth-order valence-corrected chi connectivity index (χ4v) is 7.26. The van der Waals surface area contributed by atoms with E-state index in [4.69, 9.17) is 9.47 Å². The largest absolute Gasteiger partial charge is 0.462 e. The zero-order chi connectivity index (χ0) is 28.1. The molecule has 4 atom stereocenters. The van der Waals surface area contributed by atoms with Gasteiger partial charge in [0.2, 0.25) is 0 Å². The Hall–Kier alpha value is -1.74. The Morgan fingerprint density at radius 3 is 1.16 bits per heavy atom. The molecule has 1 aliphatic carbocycles. The maximum atomic E-state index is 13.7. The highest BCUT2D eigenvalue weighted by Crippen LogP contribution is 2.47. The van der Waals surface area contributed by atoms with Gasteiger partial charge in [-0.15, -0.1) is 33.7 Å². The molecule has 0 amide bonds. The van der Waals surface area contributed by atoms with Crippen molar-refractivity contribution < 1.29 is 29.5 Å². The molecule has 2 saturated heterocycles. The first-order chi connectivity index (χ1) is 16.9. The van der Waals surface area contributed by atoms with Crippen molar-refractivity contribution in [1.29, 1.82) is 0 Å². The number of piperidine rings is 2. The van der Waals surface area contributed by atoms with Crippen LogP contribution in [0.4, 0.5) is 0 Å². The van der Waals surface area contributed by atoms with E-state index in [0.717, 1.165) is 10.1 Å². The van der Waals surface area contributed by atoms with Gasteiger partial charge in [0.25, 0.3) is 0 Å². The quantitative estimate of drug-likeness (QED) is 0.361. The molecule has 0 spiro atoms. The predicted octanol–water partition coefficient (Wildman–Crippen LogP) is 5.05. The molecule has 8 heteroatoms. The van der Waals surface area contributed by atoms with E-state index in [1.54, 1.807) is 12.2 Å². The first-order valence-electron chi connectivity index (χ1n) is 13.5. The second-order valence-corrected chi connectivity index (χ2v) is 13.9. The summed E-state index contributed by atoms with van der Waals surface area (Å²) in [6, 6.07) is 0. The molecule has 2 radical (unpaired) electrons. The molecule has 3 rings (SSSR count). The van der Waals surface area contributed by atoms with Crippen molar-refractivity contribution in [1.82, 2.24) is 10.1 Å². The van der Waals surface area contributed by atoms with Gasteiger partial charge in [0, 0.05) is 47.8 Å². The lowest BCUT2D eigenvalue weighted by molar-refractivity contribution is -0.300. The summed E-state index contributed by atoms with van der Waals surface area (Å²) in [4.78, 5) is 27.3. The molecule has 0 N–H and O–H groups in total. The number of nitrogens with zero attached hydrogens (tertiary/aromatic N) is 2. The second kappa shape index (κ2) is 10.1. The third-order valence-electron chi connectivity index (χ3n) is 8.68. The highest BCUT2D eigenvalue weighted by atomic mass is 16.6. The van der Waals surface area contributed by atoms with E-state index in [9.17, 15) is 20.0 Å². The Labute approximate surface area is 222 Å². The molecule has 0 bridgehead atoms. The topological polar surface area (TPSA) is 98.9 Å². The molecule has 3 aliphatic rings. The molecule has 0 aromatic carbocycles. The molecule has 8 nitrogen and oxygen atoms in total. The molecule has 1 saturated carbocycles. The van der Waals surface area contributed by atoms with Crippen molar-refractivity contribution in [3.05, 3.63) is 25.3 Å². The van der Waals surface area contributed by atoms with Gasteiger partial charge in [0.05, 0.1) is 11.8 Å². The van der Waals surface area contributed by atoms with Crippen LogP contribution in [-0.2, 0) is 29.5 Å². The molecule has 4 unspecified atom stereocenters. The van der Waals surface area contributed by atoms with E-state index in [2.05, 4.69) is 13.2 Å². The van der Waals surface area contributed by atoms with Gasteiger partial charge in [0.1, 0.15) is 12.2 Å². The summed E-state index contributed by atoms with van der Waals surface area (Å²) in [5, 5.41) is 27.7. The third-order valence-corrected chi connectivity index (χ3v) is 8.68. The van der Waals surface area contributed by atoms with Gasteiger partial charge in [-0.2, -0.15) is 0 Å². The number of carbonyl (C=O) groups is 2. The van der Waals surface area contributed by atoms with Gasteiger partial charge in [-0.25, -0.2) is 0 Å². The normalized spacial score (nSPS) is 34.0. The Morgan fingerprint density at radius 2 is 0.919 bits per heavy atom. The van der Waals surface area contributed by atoms with E-state index >= 15 is 0 Å². The van der Waals surface area contributed by atoms with Crippen molar-refractivity contribution in [2.24, 2.45) is 23.7 Å². The monoisotopic (exact) mass is 518 g/mol. The lowest BCUT2D eigenvalue weighted by Crippen LogP contribution is -2.60. The summed E-state index contributed by atoms with van der Waals surface area (Å²) >= 11 is 0. The van der Waals surface area contributed by atoms with Gasteiger partial charge in [-0.1, -0.05) is 12.2 Å². The summed E-state index contributed by atoms with van der Waals surface area (Å²) in [5.41, 5.74) is -2.73. The SMILES string of the molecule is C=CC1CC(C=C)C(C(=O)OC2CC(C)(C)N([O])C(C)(C)C2)C1C(=O)OC1CC(C)(C)N([O])C(C)(C)C1. The minimum absolute atomic E-state index is 0.259.